The lowest BCUT2D eigenvalue weighted by molar-refractivity contribution is -0.117. The number of anilines is 1. The topological polar surface area (TPSA) is 46.6 Å². The molecular weight excluding hydrogens is 370 g/mol. The van der Waals surface area contributed by atoms with Gasteiger partial charge in [0.25, 0.3) is 5.91 Å². The smallest absolute Gasteiger partial charge is 0.266 e. The summed E-state index contributed by atoms with van der Waals surface area (Å²) in [4.78, 5) is 27.2. The molecule has 6 heteroatoms. The van der Waals surface area contributed by atoms with Crippen LogP contribution >= 0.6 is 22.9 Å². The minimum absolute atomic E-state index is 0.199. The molecule has 2 aromatic carbocycles. The van der Waals surface area contributed by atoms with E-state index < -0.39 is 0 Å². The summed E-state index contributed by atoms with van der Waals surface area (Å²) in [7, 11) is 0. The van der Waals surface area contributed by atoms with Crippen molar-refractivity contribution in [2.45, 2.75) is 13.0 Å². The Bertz CT molecular complexity index is 984. The molecule has 0 saturated carbocycles. The van der Waals surface area contributed by atoms with Gasteiger partial charge in [0.15, 0.2) is 0 Å². The molecule has 0 fully saturated rings. The van der Waals surface area contributed by atoms with Gasteiger partial charge in [0.1, 0.15) is 12.4 Å². The van der Waals surface area contributed by atoms with E-state index in [2.05, 4.69) is 0 Å². The van der Waals surface area contributed by atoms with E-state index >= 15 is 0 Å². The molecule has 0 atom stereocenters. The van der Waals surface area contributed by atoms with Crippen LogP contribution in [0.25, 0.3) is 0 Å². The van der Waals surface area contributed by atoms with E-state index in [0.29, 0.717) is 28.6 Å². The highest BCUT2D eigenvalue weighted by Crippen LogP contribution is 2.35. The maximum absolute atomic E-state index is 12.7. The first-order valence-electron chi connectivity index (χ1n) is 8.03. The van der Waals surface area contributed by atoms with Crippen LogP contribution in [0.5, 0.6) is 5.75 Å². The Labute approximate surface area is 159 Å². The minimum atomic E-state index is -0.348. The molecule has 0 spiro atoms. The summed E-state index contributed by atoms with van der Waals surface area (Å²) >= 11 is 7.70. The van der Waals surface area contributed by atoms with E-state index in [1.807, 2.05) is 35.7 Å². The van der Waals surface area contributed by atoms with Crippen LogP contribution in [0.2, 0.25) is 5.02 Å². The monoisotopic (exact) mass is 383 g/mol. The lowest BCUT2D eigenvalue weighted by Crippen LogP contribution is -2.42. The molecule has 0 bridgehead atoms. The number of hydrogen-bond donors (Lipinski definition) is 0. The molecule has 1 aliphatic heterocycles. The average molecular weight is 384 g/mol. The van der Waals surface area contributed by atoms with Gasteiger partial charge in [0.05, 0.1) is 22.7 Å². The Kier molecular flexibility index (Phi) is 4.49. The third-order valence-corrected chi connectivity index (χ3v) is 5.39. The highest BCUT2D eigenvalue weighted by molar-refractivity contribution is 7.10. The molecule has 2 heterocycles. The van der Waals surface area contributed by atoms with Gasteiger partial charge >= 0.3 is 0 Å². The van der Waals surface area contributed by atoms with Gasteiger partial charge in [-0.1, -0.05) is 41.9 Å². The summed E-state index contributed by atoms with van der Waals surface area (Å²) in [6.45, 7) is 0.387. The van der Waals surface area contributed by atoms with Crippen molar-refractivity contribution < 1.29 is 14.3 Å². The first kappa shape index (κ1) is 16.8. The molecule has 2 amide bonds. The van der Waals surface area contributed by atoms with Crippen molar-refractivity contribution in [3.05, 3.63) is 81.0 Å². The predicted molar refractivity (Wildman–Crippen MR) is 102 cm³/mol. The van der Waals surface area contributed by atoms with Crippen LogP contribution in [0, 0.1) is 0 Å². The largest absolute Gasteiger partial charge is 0.489 e. The van der Waals surface area contributed by atoms with Gasteiger partial charge in [-0.15, -0.1) is 11.3 Å². The minimum Gasteiger partial charge on any atom is -0.489 e. The van der Waals surface area contributed by atoms with Crippen molar-refractivity contribution in [2.24, 2.45) is 0 Å². The number of nitrogens with zero attached hydrogens (tertiary/aromatic N) is 1. The Balaban J connectivity index is 1.62. The number of benzene rings is 2. The number of imide groups is 1. The number of carbonyl (C=O) groups excluding carboxylic acids is 2. The average Bonchev–Trinajstić information content (AvgIpc) is 3.11. The quantitative estimate of drug-likeness (QED) is 0.613. The van der Waals surface area contributed by atoms with Crippen molar-refractivity contribution in [1.82, 2.24) is 0 Å². The van der Waals surface area contributed by atoms with Crippen molar-refractivity contribution in [1.29, 1.82) is 0 Å². The van der Waals surface area contributed by atoms with E-state index in [-0.39, 0.29) is 18.2 Å². The summed E-state index contributed by atoms with van der Waals surface area (Å²) in [6, 6.07) is 16.5. The Morgan fingerprint density at radius 2 is 1.88 bits per heavy atom. The number of halogens is 1. The zero-order valence-electron chi connectivity index (χ0n) is 13.6. The molecule has 0 saturated heterocycles. The summed E-state index contributed by atoms with van der Waals surface area (Å²) in [6.07, 6.45) is 0.199. The second-order valence-electron chi connectivity index (χ2n) is 5.86. The Morgan fingerprint density at radius 3 is 2.69 bits per heavy atom. The molecule has 0 N–H and O–H groups in total. The number of thiophene rings is 1. The van der Waals surface area contributed by atoms with Crippen LogP contribution in [0.4, 0.5) is 5.69 Å². The number of amides is 2. The molecular formula is C20H14ClNO3S. The molecule has 26 heavy (non-hydrogen) atoms. The molecule has 0 unspecified atom stereocenters. The van der Waals surface area contributed by atoms with Gasteiger partial charge < -0.3 is 4.74 Å². The van der Waals surface area contributed by atoms with Crippen molar-refractivity contribution in [3.63, 3.8) is 0 Å². The highest BCUT2D eigenvalue weighted by Gasteiger charge is 2.34. The number of hydrogen-bond acceptors (Lipinski definition) is 4. The lowest BCUT2D eigenvalue weighted by Gasteiger charge is -2.26. The zero-order chi connectivity index (χ0) is 18.1. The Morgan fingerprint density at radius 1 is 1.08 bits per heavy atom. The van der Waals surface area contributed by atoms with Crippen molar-refractivity contribution in [3.8, 4) is 5.75 Å². The molecule has 3 aromatic rings. The van der Waals surface area contributed by atoms with Crippen molar-refractivity contribution in [2.75, 3.05) is 4.90 Å². The van der Waals surface area contributed by atoms with Gasteiger partial charge in [-0.05, 0) is 29.1 Å². The first-order chi connectivity index (χ1) is 12.6. The van der Waals surface area contributed by atoms with Gasteiger partial charge in [0, 0.05) is 10.9 Å². The zero-order valence-corrected chi connectivity index (χ0v) is 15.2. The van der Waals surface area contributed by atoms with Crippen LogP contribution in [0.1, 0.15) is 20.8 Å². The fourth-order valence-electron chi connectivity index (χ4n) is 2.86. The third-order valence-electron chi connectivity index (χ3n) is 4.15. The third kappa shape index (κ3) is 3.11. The van der Waals surface area contributed by atoms with E-state index in [4.69, 9.17) is 16.3 Å². The summed E-state index contributed by atoms with van der Waals surface area (Å²) < 4.78 is 5.80. The van der Waals surface area contributed by atoms with E-state index in [9.17, 15) is 9.59 Å². The maximum atomic E-state index is 12.7. The number of fused-ring (bicyclic) bond motifs is 1. The van der Waals surface area contributed by atoms with Crippen LogP contribution < -0.4 is 9.64 Å². The highest BCUT2D eigenvalue weighted by atomic mass is 35.5. The normalized spacial score (nSPS) is 13.7. The second kappa shape index (κ2) is 6.94. The summed E-state index contributed by atoms with van der Waals surface area (Å²) in [5.41, 5.74) is 1.93. The molecule has 4 nitrogen and oxygen atoms in total. The summed E-state index contributed by atoms with van der Waals surface area (Å²) in [5, 5.41) is 2.15. The molecule has 0 aliphatic carbocycles. The van der Waals surface area contributed by atoms with Crippen LogP contribution in [0.15, 0.2) is 60.0 Å². The number of ether oxygens (including phenoxy) is 1. The van der Waals surface area contributed by atoms with Crippen LogP contribution in [0.3, 0.4) is 0 Å². The van der Waals surface area contributed by atoms with Crippen LogP contribution in [-0.4, -0.2) is 11.8 Å². The number of rotatable bonds is 4. The molecule has 0 radical (unpaired) electrons. The first-order valence-corrected chi connectivity index (χ1v) is 9.29. The number of carbonyl (C=O) groups is 2. The van der Waals surface area contributed by atoms with Crippen LogP contribution in [-0.2, 0) is 17.8 Å². The van der Waals surface area contributed by atoms with Gasteiger partial charge in [-0.3, -0.25) is 9.59 Å². The molecule has 1 aromatic heterocycles. The van der Waals surface area contributed by atoms with E-state index in [1.54, 1.807) is 24.3 Å². The standard InChI is InChI=1S/C20H14ClNO3S/c21-16-7-6-14(25-12-13-4-2-1-3-5-13)10-17(16)22-19(23)11-18-15(20(22)24)8-9-26-18/h1-10H,11-12H2. The SMILES string of the molecule is O=C1Cc2sccc2C(=O)N1c1cc(OCc2ccccc2)ccc1Cl. The summed E-state index contributed by atoms with van der Waals surface area (Å²) in [5.74, 6) is -0.0864. The van der Waals surface area contributed by atoms with E-state index in [1.165, 1.54) is 11.3 Å². The maximum Gasteiger partial charge on any atom is 0.266 e. The lowest BCUT2D eigenvalue weighted by atomic mass is 10.1. The van der Waals surface area contributed by atoms with Gasteiger partial charge in [0.2, 0.25) is 5.91 Å². The van der Waals surface area contributed by atoms with Gasteiger partial charge in [-0.2, -0.15) is 0 Å². The Hall–Kier alpha value is -2.63. The fraction of sp³-hybridized carbons (Fsp3) is 0.100. The van der Waals surface area contributed by atoms with Gasteiger partial charge in [-0.25, -0.2) is 4.90 Å². The molecule has 4 rings (SSSR count). The molecule has 1 aliphatic rings. The second-order valence-corrected chi connectivity index (χ2v) is 7.26. The van der Waals surface area contributed by atoms with E-state index in [0.717, 1.165) is 15.3 Å². The fourth-order valence-corrected chi connectivity index (χ4v) is 3.92. The van der Waals surface area contributed by atoms with Crippen molar-refractivity contribution >= 4 is 40.4 Å². The molecule has 130 valence electrons. The predicted octanol–water partition coefficient (Wildman–Crippen LogP) is 4.71.